The minimum absolute atomic E-state index is 0.245. The van der Waals surface area contributed by atoms with E-state index in [1.165, 1.54) is 48.2 Å². The van der Waals surface area contributed by atoms with Gasteiger partial charge >= 0.3 is 49.9 Å². The van der Waals surface area contributed by atoms with E-state index >= 15 is 0 Å². The summed E-state index contributed by atoms with van der Waals surface area (Å²) in [6.07, 6.45) is 3.04. The molecule has 0 rings (SSSR count). The van der Waals surface area contributed by atoms with Crippen molar-refractivity contribution in [3.8, 4) is 0 Å². The monoisotopic (exact) mass is 933 g/mol. The van der Waals surface area contributed by atoms with Crippen molar-refractivity contribution in [2.24, 2.45) is 4.30 Å². The molecule has 379 valence electrons. The molecule has 0 aromatic heterocycles. The van der Waals surface area contributed by atoms with Crippen molar-refractivity contribution in [1.29, 1.82) is 0 Å². The first-order valence-corrected chi connectivity index (χ1v) is 20.3. The Morgan fingerprint density at radius 1 is 0.700 bits per heavy atom. The normalized spacial score (nSPS) is 6.02. The van der Waals surface area contributed by atoms with Crippen molar-refractivity contribution in [1.82, 2.24) is 0 Å². The van der Waals surface area contributed by atoms with Crippen molar-refractivity contribution in [2.75, 3.05) is 42.7 Å². The Balaban J connectivity index is -0.0000000177. The number of carbonyl (C=O) groups is 4. The Kier molecular flexibility index (Phi) is 474. The number of nitrogens with zero attached hydrogens (tertiary/aromatic N) is 1. The molecule has 0 aliphatic carbocycles. The van der Waals surface area contributed by atoms with Crippen LogP contribution >= 0.6 is 25.0 Å². The van der Waals surface area contributed by atoms with Crippen LogP contribution in [0.1, 0.15) is 173 Å². The van der Waals surface area contributed by atoms with Gasteiger partial charge in [-0.3, -0.25) is 18.8 Å². The Hall–Kier alpha value is -2.38. The van der Waals surface area contributed by atoms with Crippen molar-refractivity contribution < 1.29 is 71.6 Å². The van der Waals surface area contributed by atoms with Gasteiger partial charge in [-0.25, -0.2) is 0 Å². The second kappa shape index (κ2) is 230. The first-order chi connectivity index (χ1) is 28.0. The number of aliphatic hydroxyl groups excluding tert-OH is 1. The van der Waals surface area contributed by atoms with Gasteiger partial charge in [0, 0.05) is 48.8 Å². The maximum absolute atomic E-state index is 11.2. The second-order valence-electron chi connectivity index (χ2n) is 5.97. The van der Waals surface area contributed by atoms with Crippen LogP contribution in [0, 0.1) is 0 Å². The Morgan fingerprint density at radius 2 is 0.767 bits per heavy atom. The van der Waals surface area contributed by atoms with E-state index in [0.29, 0.717) is 19.2 Å². The predicted octanol–water partition coefficient (Wildman–Crippen LogP) is 12.5. The van der Waals surface area contributed by atoms with Crippen LogP contribution in [-0.2, 0) is 38.1 Å². The van der Waals surface area contributed by atoms with Crippen molar-refractivity contribution >= 4 is 69.0 Å². The number of esters is 2. The second-order valence-corrected chi connectivity index (χ2v) is 6.78. The number of aliphatic carboxylic acids is 1. The van der Waals surface area contributed by atoms with E-state index in [0.717, 1.165) is 27.4 Å². The zero-order chi connectivity index (χ0) is 54.8. The van der Waals surface area contributed by atoms with Crippen LogP contribution in [0.5, 0.6) is 0 Å². The molecule has 0 unspecified atom stereocenters. The summed E-state index contributed by atoms with van der Waals surface area (Å²) in [5.41, 5.74) is 0. The fourth-order valence-electron chi connectivity index (χ4n) is 0. The van der Waals surface area contributed by atoms with Crippen LogP contribution in [-0.4, -0.2) is 113 Å². The molecular formula is C40H103B2F3NO12S2. The number of allylic oxidation sites excluding steroid dienone is 2. The summed E-state index contributed by atoms with van der Waals surface area (Å²) in [6, 6.07) is 0. The van der Waals surface area contributed by atoms with Crippen LogP contribution in [0.15, 0.2) is 16.5 Å². The van der Waals surface area contributed by atoms with E-state index < -0.39 is 19.2 Å². The molecule has 0 amide bonds. The molecule has 0 aromatic rings. The molecule has 20 heteroatoms. The van der Waals surface area contributed by atoms with Crippen molar-refractivity contribution in [3.63, 3.8) is 0 Å². The molecule has 13 nitrogen and oxygen atoms in total. The number of carboxylic acid groups (broad SMARTS) is 1. The molecule has 0 aliphatic rings. The van der Waals surface area contributed by atoms with E-state index in [9.17, 15) is 22.8 Å². The number of aldehydes is 1. The van der Waals surface area contributed by atoms with E-state index in [4.69, 9.17) is 29.9 Å². The van der Waals surface area contributed by atoms with Crippen LogP contribution in [0.3, 0.4) is 0 Å². The van der Waals surface area contributed by atoms with Crippen LogP contribution in [0.2, 0.25) is 6.82 Å². The number of hydrogen-bond acceptors (Lipinski definition) is 14. The third kappa shape index (κ3) is 2860. The molecule has 0 heterocycles. The Morgan fingerprint density at radius 3 is 0.767 bits per heavy atom. The molecule has 4 N–H and O–H groups in total. The third-order valence-corrected chi connectivity index (χ3v) is 1.72. The summed E-state index contributed by atoms with van der Waals surface area (Å²) >= 11 is 7.67. The zero-order valence-corrected chi connectivity index (χ0v) is 46.3. The molecule has 0 spiro atoms. The number of halogens is 3. The molecule has 0 bridgehead atoms. The van der Waals surface area contributed by atoms with E-state index in [-0.39, 0.29) is 11.9 Å². The van der Waals surface area contributed by atoms with Crippen LogP contribution in [0.4, 0.5) is 13.2 Å². The van der Waals surface area contributed by atoms with Gasteiger partial charge in [-0.2, -0.15) is 8.78 Å². The molecular weight excluding hydrogens is 829 g/mol. The molecule has 0 aliphatic heterocycles. The number of thiol groups is 1. The fourth-order valence-corrected chi connectivity index (χ4v) is 0. The number of alkyl halides is 3. The Labute approximate surface area is 384 Å². The van der Waals surface area contributed by atoms with Crippen molar-refractivity contribution in [2.45, 2.75) is 186 Å². The number of carboxylic acids is 1. The summed E-state index contributed by atoms with van der Waals surface area (Å²) in [5, 5.41) is 30.2. The van der Waals surface area contributed by atoms with Gasteiger partial charge in [-0.05, 0) is 39.8 Å². The number of hydrogen-bond donors (Lipinski definition) is 5. The summed E-state index contributed by atoms with van der Waals surface area (Å²) in [5.74, 6) is -1.32. The van der Waals surface area contributed by atoms with Crippen molar-refractivity contribution in [3.05, 3.63) is 12.2 Å². The quantitative estimate of drug-likeness (QED) is 0.0416. The molecule has 60 heavy (non-hydrogen) atoms. The van der Waals surface area contributed by atoms with Gasteiger partial charge in [0.05, 0.1) is 28.5 Å². The standard InChI is InChI=1S/C4H8.C3H6F2O.2C3H6O2.C3H6OS.C3H8.C2H4O2.C2H4O.7C2H6.CH5BO2.CH3F.CH4O.BHNS/c1-3-4-2;1-3(4,5)6-2;2*1-3(4)5-2;1-3(5)4-2;1-3-2;1-2(3)4;1-2-3;7*1-2;1-2(3)4;2*1-2;1-2-3/h3-4H,1-2H3;1-2H3;3*1-2H3;3H2,1-2H3;1H3,(H,3,4);2H,1H3;7*1-2H3;3-4H,1H3;1H3;2H,1H3;3H/b4-3+;;;;;;;;;;;;;;;;;;. The van der Waals surface area contributed by atoms with Crippen LogP contribution < -0.4 is 0 Å². The predicted molar refractivity (Wildman–Crippen MR) is 268 cm³/mol. The number of thiocarbonyl (C=S) groups is 1. The van der Waals surface area contributed by atoms with E-state index in [2.05, 4.69) is 69.8 Å². The summed E-state index contributed by atoms with van der Waals surface area (Å²) in [7, 11) is 9.89. The topological polar surface area (TPSA) is 198 Å². The van der Waals surface area contributed by atoms with Gasteiger partial charge in [0.15, 0.2) is 5.05 Å². The van der Waals surface area contributed by atoms with Gasteiger partial charge in [0.2, 0.25) is 0 Å². The van der Waals surface area contributed by atoms with Gasteiger partial charge in [-0.1, -0.05) is 129 Å². The minimum atomic E-state index is -2.96. The first kappa shape index (κ1) is 124. The average Bonchev–Trinajstić information content (AvgIpc) is 3.25. The number of aliphatic hydroxyl groups is 1. The zero-order valence-electron chi connectivity index (χ0n) is 44.6. The number of carbonyl (C=O) groups excluding carboxylic acids is 3. The fraction of sp³-hybridized carbons (Fsp3) is 0.825. The summed E-state index contributed by atoms with van der Waals surface area (Å²) in [4.78, 5) is 37.0. The van der Waals surface area contributed by atoms with Gasteiger partial charge < -0.3 is 44.0 Å². The van der Waals surface area contributed by atoms with E-state index in [1.807, 2.05) is 123 Å². The molecule has 0 atom stereocenters. The summed E-state index contributed by atoms with van der Waals surface area (Å²) in [6.45, 7) is 45.2. The molecule has 0 aromatic carbocycles. The molecule has 1 radical (unpaired) electrons. The number of rotatable bonds is 1. The number of methoxy groups -OCH3 is 4. The Bertz CT molecular complexity index is 554. The van der Waals surface area contributed by atoms with Gasteiger partial charge in [-0.15, -0.1) is 0 Å². The third-order valence-electron chi connectivity index (χ3n) is 1.55. The first-order valence-electron chi connectivity index (χ1n) is 19.5. The van der Waals surface area contributed by atoms with Gasteiger partial charge in [0.1, 0.15) is 6.29 Å². The number of ether oxygens (including phenoxy) is 4. The van der Waals surface area contributed by atoms with Crippen LogP contribution in [0.25, 0.3) is 0 Å². The molecule has 0 saturated heterocycles. The summed E-state index contributed by atoms with van der Waals surface area (Å²) < 4.78 is 51.0. The molecule has 0 saturated carbocycles. The van der Waals surface area contributed by atoms with E-state index in [1.54, 1.807) is 14.0 Å². The average molecular weight is 933 g/mol. The maximum atomic E-state index is 11.2. The van der Waals surface area contributed by atoms with Gasteiger partial charge in [0.25, 0.3) is 5.97 Å². The SMILES string of the molecule is C/C=C/C.CB(O)O.CC.CC.CC.CC.CC.CC.CC.CC(=O)O.CC=O.CCC.CF.CO.COC(C)(F)F.COC(C)=O.COC(C)=O.COC(C)=S.[B]=NS. The molecule has 0 fully saturated rings.